The number of rotatable bonds is 9. The van der Waals surface area contributed by atoms with Crippen LogP contribution in [0.15, 0.2) is 78.9 Å². The second kappa shape index (κ2) is 10.8. The predicted molar refractivity (Wildman–Crippen MR) is 135 cm³/mol. The Kier molecular flexibility index (Phi) is 7.65. The van der Waals surface area contributed by atoms with Gasteiger partial charge in [-0.1, -0.05) is 86.5 Å². The summed E-state index contributed by atoms with van der Waals surface area (Å²) < 4.78 is 5.53. The van der Waals surface area contributed by atoms with Gasteiger partial charge in [-0.25, -0.2) is 0 Å². The van der Waals surface area contributed by atoms with Gasteiger partial charge < -0.3 is 10.1 Å². The molecule has 1 N–H and O–H groups in total. The fourth-order valence-corrected chi connectivity index (χ4v) is 5.23. The van der Waals surface area contributed by atoms with Crippen LogP contribution >= 0.6 is 0 Å². The minimum absolute atomic E-state index is 0.306. The molecule has 1 aliphatic carbocycles. The lowest BCUT2D eigenvalue weighted by molar-refractivity contribution is 0.227. The molecule has 0 radical (unpaired) electrons. The molecular weight excluding hydrogens is 390 g/mol. The normalized spacial score (nSPS) is 20.8. The molecule has 0 bridgehead atoms. The van der Waals surface area contributed by atoms with Crippen LogP contribution in [0.4, 0.5) is 0 Å². The molecule has 4 rings (SSSR count). The van der Waals surface area contributed by atoms with E-state index in [4.69, 9.17) is 4.74 Å². The number of nitrogens with one attached hydrogen (secondary N) is 1. The van der Waals surface area contributed by atoms with Crippen LogP contribution in [-0.4, -0.2) is 13.2 Å². The van der Waals surface area contributed by atoms with Crippen LogP contribution < -0.4 is 10.1 Å². The molecule has 0 unspecified atom stereocenters. The highest BCUT2D eigenvalue weighted by Crippen LogP contribution is 2.44. The summed E-state index contributed by atoms with van der Waals surface area (Å²) >= 11 is 0. The van der Waals surface area contributed by atoms with Crippen molar-refractivity contribution in [2.24, 2.45) is 0 Å². The van der Waals surface area contributed by atoms with Crippen molar-refractivity contribution in [3.8, 4) is 16.9 Å². The third-order valence-electron chi connectivity index (χ3n) is 7.29. The Morgan fingerprint density at radius 2 is 1.59 bits per heavy atom. The molecule has 168 valence electrons. The standard InChI is InChI=1S/C30H37NO/c1-3-4-19-30(27-11-8-12-29(22-27)32-2)20-17-28(18-21-30)31-23-24-13-15-26(16-14-24)25-9-6-5-7-10-25/h5-16,22,28,31H,3-4,17-21,23H2,1-2H3. The van der Waals surface area contributed by atoms with Crippen LogP contribution in [-0.2, 0) is 12.0 Å². The van der Waals surface area contributed by atoms with Gasteiger partial charge in [0, 0.05) is 12.6 Å². The summed E-state index contributed by atoms with van der Waals surface area (Å²) in [6, 6.07) is 29.0. The zero-order chi connectivity index (χ0) is 22.2. The lowest BCUT2D eigenvalue weighted by Gasteiger charge is -2.41. The molecule has 2 nitrogen and oxygen atoms in total. The van der Waals surface area contributed by atoms with Crippen LogP contribution in [0.1, 0.15) is 63.0 Å². The maximum absolute atomic E-state index is 5.53. The first-order valence-corrected chi connectivity index (χ1v) is 12.2. The molecule has 1 saturated carbocycles. The maximum atomic E-state index is 5.53. The van der Waals surface area contributed by atoms with Gasteiger partial charge in [0.1, 0.15) is 5.75 Å². The number of hydrogen-bond acceptors (Lipinski definition) is 2. The van der Waals surface area contributed by atoms with Crippen LogP contribution in [0, 0.1) is 0 Å². The molecule has 3 aromatic carbocycles. The molecule has 2 heteroatoms. The molecule has 1 fully saturated rings. The van der Waals surface area contributed by atoms with Crippen molar-refractivity contribution in [1.82, 2.24) is 5.32 Å². The summed E-state index contributed by atoms with van der Waals surface area (Å²) in [4.78, 5) is 0. The summed E-state index contributed by atoms with van der Waals surface area (Å²) in [6.45, 7) is 3.25. The summed E-state index contributed by atoms with van der Waals surface area (Å²) in [6.07, 6.45) is 8.82. The molecule has 1 aliphatic rings. The van der Waals surface area contributed by atoms with E-state index in [1.54, 1.807) is 7.11 Å². The first-order valence-electron chi connectivity index (χ1n) is 12.2. The van der Waals surface area contributed by atoms with E-state index in [-0.39, 0.29) is 0 Å². The van der Waals surface area contributed by atoms with E-state index in [9.17, 15) is 0 Å². The van der Waals surface area contributed by atoms with E-state index in [2.05, 4.69) is 91.1 Å². The zero-order valence-electron chi connectivity index (χ0n) is 19.6. The zero-order valence-corrected chi connectivity index (χ0v) is 19.6. The van der Waals surface area contributed by atoms with Gasteiger partial charge in [0.25, 0.3) is 0 Å². The van der Waals surface area contributed by atoms with E-state index in [1.165, 1.54) is 67.2 Å². The second-order valence-electron chi connectivity index (χ2n) is 9.33. The molecule has 0 atom stereocenters. The minimum Gasteiger partial charge on any atom is -0.497 e. The average molecular weight is 428 g/mol. The van der Waals surface area contributed by atoms with Gasteiger partial charge in [0.15, 0.2) is 0 Å². The van der Waals surface area contributed by atoms with Crippen LogP contribution in [0.5, 0.6) is 5.75 Å². The monoisotopic (exact) mass is 427 g/mol. The minimum atomic E-state index is 0.306. The topological polar surface area (TPSA) is 21.3 Å². The molecule has 0 amide bonds. The van der Waals surface area contributed by atoms with Crippen LogP contribution in [0.3, 0.4) is 0 Å². The van der Waals surface area contributed by atoms with Gasteiger partial charge in [0.2, 0.25) is 0 Å². The lowest BCUT2D eigenvalue weighted by atomic mass is 9.65. The van der Waals surface area contributed by atoms with Crippen molar-refractivity contribution >= 4 is 0 Å². The molecule has 0 saturated heterocycles. The van der Waals surface area contributed by atoms with Crippen molar-refractivity contribution in [2.75, 3.05) is 7.11 Å². The van der Waals surface area contributed by atoms with E-state index in [0.29, 0.717) is 11.5 Å². The third-order valence-corrected chi connectivity index (χ3v) is 7.29. The lowest BCUT2D eigenvalue weighted by Crippen LogP contribution is -2.39. The highest BCUT2D eigenvalue weighted by molar-refractivity contribution is 5.63. The Morgan fingerprint density at radius 1 is 0.875 bits per heavy atom. The smallest absolute Gasteiger partial charge is 0.119 e. The summed E-state index contributed by atoms with van der Waals surface area (Å²) in [5, 5.41) is 3.84. The molecule has 3 aromatic rings. The predicted octanol–water partition coefficient (Wildman–Crippen LogP) is 7.52. The van der Waals surface area contributed by atoms with Gasteiger partial charge in [-0.3, -0.25) is 0 Å². The van der Waals surface area contributed by atoms with Crippen molar-refractivity contribution in [3.63, 3.8) is 0 Å². The molecule has 0 aromatic heterocycles. The first kappa shape index (κ1) is 22.6. The fraction of sp³-hybridized carbons (Fsp3) is 0.400. The van der Waals surface area contributed by atoms with Crippen molar-refractivity contribution < 1.29 is 4.74 Å². The Bertz CT molecular complexity index is 956. The van der Waals surface area contributed by atoms with E-state index in [0.717, 1.165) is 12.3 Å². The Morgan fingerprint density at radius 3 is 2.28 bits per heavy atom. The van der Waals surface area contributed by atoms with Crippen LogP contribution in [0.2, 0.25) is 0 Å². The quantitative estimate of drug-likeness (QED) is 0.381. The first-order chi connectivity index (χ1) is 15.7. The Hall–Kier alpha value is -2.58. The second-order valence-corrected chi connectivity index (χ2v) is 9.33. The Balaban J connectivity index is 1.35. The van der Waals surface area contributed by atoms with Crippen molar-refractivity contribution in [2.45, 2.75) is 69.9 Å². The van der Waals surface area contributed by atoms with Gasteiger partial charge in [0.05, 0.1) is 7.11 Å². The summed E-state index contributed by atoms with van der Waals surface area (Å²) in [5.41, 5.74) is 5.70. The van der Waals surface area contributed by atoms with Gasteiger partial charge in [-0.2, -0.15) is 0 Å². The van der Waals surface area contributed by atoms with Gasteiger partial charge in [-0.05, 0) is 71.9 Å². The van der Waals surface area contributed by atoms with E-state index in [1.807, 2.05) is 0 Å². The molecule has 0 aliphatic heterocycles. The highest BCUT2D eigenvalue weighted by atomic mass is 16.5. The number of hydrogen-bond donors (Lipinski definition) is 1. The summed E-state index contributed by atoms with van der Waals surface area (Å²) in [7, 11) is 1.77. The number of unbranched alkanes of at least 4 members (excludes halogenated alkanes) is 1. The third kappa shape index (κ3) is 5.42. The number of benzene rings is 3. The van der Waals surface area contributed by atoms with E-state index < -0.39 is 0 Å². The fourth-order valence-electron chi connectivity index (χ4n) is 5.23. The highest BCUT2D eigenvalue weighted by Gasteiger charge is 2.36. The summed E-state index contributed by atoms with van der Waals surface area (Å²) in [5.74, 6) is 0.984. The van der Waals surface area contributed by atoms with Crippen molar-refractivity contribution in [3.05, 3.63) is 90.0 Å². The van der Waals surface area contributed by atoms with Gasteiger partial charge >= 0.3 is 0 Å². The van der Waals surface area contributed by atoms with Crippen molar-refractivity contribution in [1.29, 1.82) is 0 Å². The number of methoxy groups -OCH3 is 1. The molecule has 0 spiro atoms. The maximum Gasteiger partial charge on any atom is 0.119 e. The SMILES string of the molecule is CCCCC1(c2cccc(OC)c2)CCC(NCc2ccc(-c3ccccc3)cc2)CC1. The Labute approximate surface area is 194 Å². The average Bonchev–Trinajstić information content (AvgIpc) is 2.88. The molecule has 0 heterocycles. The van der Waals surface area contributed by atoms with E-state index >= 15 is 0 Å². The number of ether oxygens (including phenoxy) is 1. The van der Waals surface area contributed by atoms with Crippen LogP contribution in [0.25, 0.3) is 11.1 Å². The molecular formula is C30H37NO. The molecule has 32 heavy (non-hydrogen) atoms. The van der Waals surface area contributed by atoms with Gasteiger partial charge in [-0.15, -0.1) is 0 Å². The largest absolute Gasteiger partial charge is 0.497 e.